The number of halogens is 2. The Hall–Kier alpha value is -3.49. The van der Waals surface area contributed by atoms with Crippen LogP contribution in [-0.2, 0) is 14.3 Å². The lowest BCUT2D eigenvalue weighted by atomic mass is 9.98. The zero-order chi connectivity index (χ0) is 24.1. The molecule has 0 heterocycles. The van der Waals surface area contributed by atoms with E-state index in [1.54, 1.807) is 6.92 Å². The lowest BCUT2D eigenvalue weighted by Gasteiger charge is -2.28. The van der Waals surface area contributed by atoms with Crippen molar-refractivity contribution in [3.63, 3.8) is 0 Å². The standard InChI is InChI=1S/C24H26F2N2O5/c1-3-20(23(30)31)28(2)22(29)19(12-21(25)26)27-24(32)33-13-18-16-10-6-4-8-14(16)15-9-5-7-11-17(15)18/h4-11,18-21H,3,12-13H2,1-2H3,(H,27,32)(H,30,31). The molecule has 2 amide bonds. The predicted molar refractivity (Wildman–Crippen MR) is 117 cm³/mol. The molecule has 0 aliphatic heterocycles. The van der Waals surface area contributed by atoms with Crippen LogP contribution in [0.1, 0.15) is 36.8 Å². The van der Waals surface area contributed by atoms with Crippen LogP contribution in [0.2, 0.25) is 0 Å². The van der Waals surface area contributed by atoms with Crippen LogP contribution in [0.3, 0.4) is 0 Å². The zero-order valence-electron chi connectivity index (χ0n) is 18.3. The number of nitrogens with zero attached hydrogens (tertiary/aromatic N) is 1. The first-order chi connectivity index (χ1) is 15.7. The maximum Gasteiger partial charge on any atom is 0.407 e. The molecule has 7 nitrogen and oxygen atoms in total. The molecule has 2 atom stereocenters. The van der Waals surface area contributed by atoms with Gasteiger partial charge in [0, 0.05) is 19.4 Å². The van der Waals surface area contributed by atoms with E-state index in [1.807, 2.05) is 48.5 Å². The average Bonchev–Trinajstić information content (AvgIpc) is 3.10. The molecule has 2 N–H and O–H groups in total. The summed E-state index contributed by atoms with van der Waals surface area (Å²) < 4.78 is 31.5. The van der Waals surface area contributed by atoms with Crippen LogP contribution >= 0.6 is 0 Å². The molecule has 1 aliphatic rings. The molecule has 2 aromatic rings. The molecule has 0 aromatic heterocycles. The molecule has 0 spiro atoms. The summed E-state index contributed by atoms with van der Waals surface area (Å²) >= 11 is 0. The Labute approximate surface area is 190 Å². The Morgan fingerprint density at radius 1 is 1.06 bits per heavy atom. The van der Waals surface area contributed by atoms with Crippen molar-refractivity contribution in [2.24, 2.45) is 0 Å². The molecule has 0 fully saturated rings. The smallest absolute Gasteiger partial charge is 0.407 e. The third kappa shape index (κ3) is 5.30. The van der Waals surface area contributed by atoms with Crippen LogP contribution in [0.5, 0.6) is 0 Å². The van der Waals surface area contributed by atoms with Crippen molar-refractivity contribution >= 4 is 18.0 Å². The van der Waals surface area contributed by atoms with Gasteiger partial charge in [0.2, 0.25) is 12.3 Å². The summed E-state index contributed by atoms with van der Waals surface area (Å²) in [6, 6.07) is 12.6. The number of carboxylic acids is 1. The van der Waals surface area contributed by atoms with Crippen molar-refractivity contribution in [1.82, 2.24) is 10.2 Å². The van der Waals surface area contributed by atoms with E-state index in [-0.39, 0.29) is 18.9 Å². The number of rotatable bonds is 9. The lowest BCUT2D eigenvalue weighted by molar-refractivity contribution is -0.150. The van der Waals surface area contributed by atoms with Crippen molar-refractivity contribution in [2.75, 3.05) is 13.7 Å². The second-order valence-corrected chi connectivity index (χ2v) is 7.86. The van der Waals surface area contributed by atoms with Gasteiger partial charge in [0.15, 0.2) is 0 Å². The van der Waals surface area contributed by atoms with Crippen molar-refractivity contribution in [3.05, 3.63) is 59.7 Å². The van der Waals surface area contributed by atoms with E-state index in [2.05, 4.69) is 5.32 Å². The van der Waals surface area contributed by atoms with Gasteiger partial charge in [0.25, 0.3) is 0 Å². The molecular weight excluding hydrogens is 434 g/mol. The number of likely N-dealkylation sites (N-methyl/N-ethyl adjacent to an activating group) is 1. The van der Waals surface area contributed by atoms with Gasteiger partial charge in [-0.2, -0.15) is 0 Å². The van der Waals surface area contributed by atoms with E-state index in [0.29, 0.717) is 0 Å². The number of benzene rings is 2. The van der Waals surface area contributed by atoms with Crippen LogP contribution in [0, 0.1) is 0 Å². The summed E-state index contributed by atoms with van der Waals surface area (Å²) in [5.74, 6) is -2.41. The van der Waals surface area contributed by atoms with Crippen LogP contribution in [-0.4, -0.2) is 60.1 Å². The van der Waals surface area contributed by atoms with Gasteiger partial charge in [-0.1, -0.05) is 55.5 Å². The molecule has 0 radical (unpaired) electrons. The average molecular weight is 460 g/mol. The highest BCUT2D eigenvalue weighted by molar-refractivity contribution is 5.89. The SMILES string of the molecule is CCC(C(=O)O)N(C)C(=O)C(CC(F)F)NC(=O)OCC1c2ccccc2-c2ccccc21. The second-order valence-electron chi connectivity index (χ2n) is 7.86. The highest BCUT2D eigenvalue weighted by Crippen LogP contribution is 2.44. The quantitative estimate of drug-likeness (QED) is 0.592. The fourth-order valence-electron chi connectivity index (χ4n) is 4.20. The molecule has 0 saturated carbocycles. The molecular formula is C24H26F2N2O5. The third-order valence-corrected chi connectivity index (χ3v) is 5.83. The van der Waals surface area contributed by atoms with Crippen LogP contribution in [0.4, 0.5) is 13.6 Å². The normalized spacial score (nSPS) is 14.2. The number of carbonyl (C=O) groups excluding carboxylic acids is 2. The van der Waals surface area contributed by atoms with Gasteiger partial charge in [0.1, 0.15) is 18.7 Å². The Bertz CT molecular complexity index is 984. The number of alkyl halides is 2. The first kappa shape index (κ1) is 24.2. The number of ether oxygens (including phenoxy) is 1. The van der Waals surface area contributed by atoms with Gasteiger partial charge >= 0.3 is 12.1 Å². The molecule has 33 heavy (non-hydrogen) atoms. The molecule has 1 aliphatic carbocycles. The summed E-state index contributed by atoms with van der Waals surface area (Å²) in [6.07, 6.45) is -4.77. The van der Waals surface area contributed by atoms with Crippen LogP contribution in [0.15, 0.2) is 48.5 Å². The van der Waals surface area contributed by atoms with Crippen molar-refractivity contribution < 1.29 is 33.0 Å². The minimum Gasteiger partial charge on any atom is -0.480 e. The monoisotopic (exact) mass is 460 g/mol. The van der Waals surface area contributed by atoms with E-state index in [4.69, 9.17) is 4.74 Å². The van der Waals surface area contributed by atoms with Gasteiger partial charge in [-0.05, 0) is 28.7 Å². The number of carboxylic acid groups (broad SMARTS) is 1. The van der Waals surface area contributed by atoms with E-state index in [1.165, 1.54) is 7.05 Å². The number of aliphatic carboxylic acids is 1. The zero-order valence-corrected chi connectivity index (χ0v) is 18.3. The van der Waals surface area contributed by atoms with Gasteiger partial charge in [-0.25, -0.2) is 18.4 Å². The van der Waals surface area contributed by atoms with E-state index >= 15 is 0 Å². The number of nitrogens with one attached hydrogen (secondary N) is 1. The summed E-state index contributed by atoms with van der Waals surface area (Å²) in [6.45, 7) is 1.52. The highest BCUT2D eigenvalue weighted by atomic mass is 19.3. The van der Waals surface area contributed by atoms with Gasteiger partial charge in [-0.3, -0.25) is 4.79 Å². The van der Waals surface area contributed by atoms with Gasteiger partial charge in [0.05, 0.1) is 0 Å². The number of carbonyl (C=O) groups is 3. The Morgan fingerprint density at radius 2 is 1.61 bits per heavy atom. The minimum absolute atomic E-state index is 0.0437. The summed E-state index contributed by atoms with van der Waals surface area (Å²) in [7, 11) is 1.21. The van der Waals surface area contributed by atoms with E-state index in [0.717, 1.165) is 27.2 Å². The van der Waals surface area contributed by atoms with Crippen molar-refractivity contribution in [1.29, 1.82) is 0 Å². The Morgan fingerprint density at radius 3 is 2.09 bits per heavy atom. The number of hydrogen-bond donors (Lipinski definition) is 2. The predicted octanol–water partition coefficient (Wildman–Crippen LogP) is 3.87. The Kier molecular flexibility index (Phi) is 7.63. The largest absolute Gasteiger partial charge is 0.480 e. The van der Waals surface area contributed by atoms with E-state index in [9.17, 15) is 28.3 Å². The summed E-state index contributed by atoms with van der Waals surface area (Å²) in [5, 5.41) is 11.4. The first-order valence-electron chi connectivity index (χ1n) is 10.6. The van der Waals surface area contributed by atoms with Gasteiger partial charge < -0.3 is 20.1 Å². The van der Waals surface area contributed by atoms with Crippen LogP contribution < -0.4 is 5.32 Å². The third-order valence-electron chi connectivity index (χ3n) is 5.83. The topological polar surface area (TPSA) is 95.9 Å². The fraction of sp³-hybridized carbons (Fsp3) is 0.375. The number of amides is 2. The number of alkyl carbamates (subject to hydrolysis) is 1. The van der Waals surface area contributed by atoms with E-state index < -0.39 is 42.9 Å². The lowest BCUT2D eigenvalue weighted by Crippen LogP contribution is -2.52. The second kappa shape index (κ2) is 10.4. The fourth-order valence-corrected chi connectivity index (χ4v) is 4.20. The Balaban J connectivity index is 1.70. The van der Waals surface area contributed by atoms with Gasteiger partial charge in [-0.15, -0.1) is 0 Å². The summed E-state index contributed by atoms with van der Waals surface area (Å²) in [4.78, 5) is 37.3. The minimum atomic E-state index is -2.88. The van der Waals surface area contributed by atoms with Crippen LogP contribution in [0.25, 0.3) is 11.1 Å². The molecule has 2 aromatic carbocycles. The number of fused-ring (bicyclic) bond motifs is 3. The maximum atomic E-state index is 13.1. The van der Waals surface area contributed by atoms with Crippen molar-refractivity contribution in [2.45, 2.75) is 44.2 Å². The molecule has 2 unspecified atom stereocenters. The molecule has 0 saturated heterocycles. The highest BCUT2D eigenvalue weighted by Gasteiger charge is 2.34. The molecule has 176 valence electrons. The molecule has 0 bridgehead atoms. The van der Waals surface area contributed by atoms with Crippen molar-refractivity contribution in [3.8, 4) is 11.1 Å². The first-order valence-corrected chi connectivity index (χ1v) is 10.6. The molecule has 9 heteroatoms. The number of hydrogen-bond acceptors (Lipinski definition) is 4. The maximum absolute atomic E-state index is 13.1. The summed E-state index contributed by atoms with van der Waals surface area (Å²) in [5.41, 5.74) is 4.04. The molecule has 3 rings (SSSR count).